The molecule has 0 saturated heterocycles. The summed E-state index contributed by atoms with van der Waals surface area (Å²) < 4.78 is 0. The predicted molar refractivity (Wildman–Crippen MR) is 73.4 cm³/mol. The van der Waals surface area contributed by atoms with Gasteiger partial charge in [0.1, 0.15) is 5.41 Å². The van der Waals surface area contributed by atoms with E-state index in [2.05, 4.69) is 10.3 Å². The summed E-state index contributed by atoms with van der Waals surface area (Å²) in [6.45, 7) is 6.12. The topological polar surface area (TPSA) is 79.3 Å². The largest absolute Gasteiger partial charge is 0.480 e. The maximum atomic E-state index is 12.1. The van der Waals surface area contributed by atoms with Gasteiger partial charge in [-0.1, -0.05) is 27.2 Å². The van der Waals surface area contributed by atoms with Gasteiger partial charge in [-0.25, -0.2) is 4.98 Å². The monoisotopic (exact) mass is 282 g/mol. The minimum atomic E-state index is -1.24. The molecule has 19 heavy (non-hydrogen) atoms. The van der Waals surface area contributed by atoms with Crippen LogP contribution in [0.4, 0.5) is 5.13 Å². The lowest BCUT2D eigenvalue weighted by atomic mass is 9.68. The minimum Gasteiger partial charge on any atom is -0.480 e. The smallest absolute Gasteiger partial charge is 0.319 e. The molecule has 1 amide bonds. The lowest BCUT2D eigenvalue weighted by Crippen LogP contribution is -2.48. The Morgan fingerprint density at radius 1 is 1.42 bits per heavy atom. The third kappa shape index (κ3) is 2.49. The first-order valence-electron chi connectivity index (χ1n) is 6.26. The number of hydrogen-bond donors (Lipinski definition) is 2. The van der Waals surface area contributed by atoms with E-state index >= 15 is 0 Å². The van der Waals surface area contributed by atoms with Gasteiger partial charge in [0.25, 0.3) is 0 Å². The van der Waals surface area contributed by atoms with E-state index in [1.165, 1.54) is 11.3 Å². The van der Waals surface area contributed by atoms with Crippen LogP contribution in [0.5, 0.6) is 0 Å². The standard InChI is InChI=1S/C13H18N2O3S/c1-12(2,3)8-7-19-11(14-8)15-9(16)13(10(17)18)5-4-6-13/h7H,4-6H2,1-3H3,(H,17,18)(H,14,15,16). The predicted octanol–water partition coefficient (Wildman–Crippen LogP) is 2.63. The molecular weight excluding hydrogens is 264 g/mol. The van der Waals surface area contributed by atoms with Crippen LogP contribution in [0.25, 0.3) is 0 Å². The molecule has 1 aliphatic carbocycles. The van der Waals surface area contributed by atoms with E-state index in [1.807, 2.05) is 26.2 Å². The van der Waals surface area contributed by atoms with E-state index in [0.717, 1.165) is 12.1 Å². The summed E-state index contributed by atoms with van der Waals surface area (Å²) >= 11 is 1.33. The Balaban J connectivity index is 2.11. The van der Waals surface area contributed by atoms with Gasteiger partial charge in [0.15, 0.2) is 5.13 Å². The first-order valence-corrected chi connectivity index (χ1v) is 7.14. The summed E-state index contributed by atoms with van der Waals surface area (Å²) in [7, 11) is 0. The number of carboxylic acid groups (broad SMARTS) is 1. The highest BCUT2D eigenvalue weighted by Gasteiger charge is 2.51. The number of aliphatic carboxylic acids is 1. The Morgan fingerprint density at radius 2 is 2.05 bits per heavy atom. The van der Waals surface area contributed by atoms with E-state index in [0.29, 0.717) is 18.0 Å². The first-order chi connectivity index (χ1) is 8.75. The summed E-state index contributed by atoms with van der Waals surface area (Å²) in [6, 6.07) is 0. The van der Waals surface area contributed by atoms with Crippen molar-refractivity contribution in [2.24, 2.45) is 5.41 Å². The molecule has 6 heteroatoms. The summed E-state index contributed by atoms with van der Waals surface area (Å²) in [5.74, 6) is -1.48. The van der Waals surface area contributed by atoms with Crippen LogP contribution in [0.15, 0.2) is 5.38 Å². The molecule has 0 atom stereocenters. The molecule has 1 fully saturated rings. The van der Waals surface area contributed by atoms with Gasteiger partial charge in [0, 0.05) is 10.8 Å². The third-order valence-electron chi connectivity index (χ3n) is 3.54. The normalized spacial score (nSPS) is 17.6. The van der Waals surface area contributed by atoms with Gasteiger partial charge in [0.05, 0.1) is 5.69 Å². The molecule has 0 aliphatic heterocycles. The van der Waals surface area contributed by atoms with Crippen molar-refractivity contribution >= 4 is 28.3 Å². The van der Waals surface area contributed by atoms with Gasteiger partial charge in [-0.2, -0.15) is 0 Å². The zero-order chi connectivity index (χ0) is 14.3. The molecular formula is C13H18N2O3S. The summed E-state index contributed by atoms with van der Waals surface area (Å²) in [6.07, 6.45) is 1.60. The van der Waals surface area contributed by atoms with Crippen LogP contribution < -0.4 is 5.32 Å². The van der Waals surface area contributed by atoms with E-state index in [9.17, 15) is 14.7 Å². The zero-order valence-corrected chi connectivity index (χ0v) is 12.1. The van der Waals surface area contributed by atoms with Crippen LogP contribution in [-0.2, 0) is 15.0 Å². The summed E-state index contributed by atoms with van der Waals surface area (Å²) in [5, 5.41) is 14.2. The van der Waals surface area contributed by atoms with Gasteiger partial charge in [-0.15, -0.1) is 11.3 Å². The molecule has 1 aliphatic rings. The van der Waals surface area contributed by atoms with Gasteiger partial charge in [-0.3, -0.25) is 9.59 Å². The third-order valence-corrected chi connectivity index (χ3v) is 4.30. The molecule has 0 unspecified atom stereocenters. The van der Waals surface area contributed by atoms with Crippen LogP contribution in [0.2, 0.25) is 0 Å². The molecule has 1 aromatic rings. The number of anilines is 1. The fourth-order valence-corrected chi connectivity index (χ4v) is 2.89. The Morgan fingerprint density at radius 3 is 2.42 bits per heavy atom. The van der Waals surface area contributed by atoms with Gasteiger partial charge in [0.2, 0.25) is 5.91 Å². The second-order valence-corrected chi connectivity index (χ2v) is 6.84. The van der Waals surface area contributed by atoms with Crippen molar-refractivity contribution in [1.29, 1.82) is 0 Å². The molecule has 1 saturated carbocycles. The highest BCUT2D eigenvalue weighted by atomic mass is 32.1. The number of carbonyl (C=O) groups excluding carboxylic acids is 1. The maximum absolute atomic E-state index is 12.1. The maximum Gasteiger partial charge on any atom is 0.319 e. The highest BCUT2D eigenvalue weighted by molar-refractivity contribution is 7.14. The summed E-state index contributed by atoms with van der Waals surface area (Å²) in [4.78, 5) is 27.7. The number of amides is 1. The van der Waals surface area contributed by atoms with Crippen molar-refractivity contribution in [2.45, 2.75) is 45.4 Å². The average molecular weight is 282 g/mol. The molecule has 0 radical (unpaired) electrons. The molecule has 5 nitrogen and oxygen atoms in total. The van der Waals surface area contributed by atoms with E-state index in [-0.39, 0.29) is 5.41 Å². The fourth-order valence-electron chi connectivity index (χ4n) is 1.96. The van der Waals surface area contributed by atoms with Crippen LogP contribution in [-0.4, -0.2) is 22.0 Å². The number of carbonyl (C=O) groups is 2. The summed E-state index contributed by atoms with van der Waals surface area (Å²) in [5.41, 5.74) is -0.431. The van der Waals surface area contributed by atoms with Crippen molar-refractivity contribution in [2.75, 3.05) is 5.32 Å². The molecule has 2 N–H and O–H groups in total. The van der Waals surface area contributed by atoms with Gasteiger partial charge in [-0.05, 0) is 12.8 Å². The quantitative estimate of drug-likeness (QED) is 0.835. The second kappa shape index (κ2) is 4.59. The first kappa shape index (κ1) is 14.0. The van der Waals surface area contributed by atoms with Crippen molar-refractivity contribution in [3.63, 3.8) is 0 Å². The number of nitrogens with one attached hydrogen (secondary N) is 1. The van der Waals surface area contributed by atoms with E-state index in [4.69, 9.17) is 0 Å². The Hall–Kier alpha value is -1.43. The van der Waals surface area contributed by atoms with E-state index < -0.39 is 17.3 Å². The minimum absolute atomic E-state index is 0.0829. The number of hydrogen-bond acceptors (Lipinski definition) is 4. The Kier molecular flexibility index (Phi) is 3.38. The van der Waals surface area contributed by atoms with Crippen molar-refractivity contribution in [3.8, 4) is 0 Å². The SMILES string of the molecule is CC(C)(C)c1csc(NC(=O)C2(C(=O)O)CCC2)n1. The number of aromatic nitrogens is 1. The Bertz CT molecular complexity index is 512. The molecule has 0 bridgehead atoms. The molecule has 0 spiro atoms. The fraction of sp³-hybridized carbons (Fsp3) is 0.615. The molecule has 0 aromatic carbocycles. The average Bonchev–Trinajstić information content (AvgIpc) is 2.62. The zero-order valence-electron chi connectivity index (χ0n) is 11.3. The number of thiazole rings is 1. The molecule has 1 heterocycles. The van der Waals surface area contributed by atoms with Crippen LogP contribution in [0.3, 0.4) is 0 Å². The number of nitrogens with zero attached hydrogens (tertiary/aromatic N) is 1. The highest BCUT2D eigenvalue weighted by Crippen LogP contribution is 2.42. The van der Waals surface area contributed by atoms with Gasteiger partial charge >= 0.3 is 5.97 Å². The van der Waals surface area contributed by atoms with Crippen molar-refractivity contribution in [3.05, 3.63) is 11.1 Å². The lowest BCUT2D eigenvalue weighted by molar-refractivity contribution is -0.159. The van der Waals surface area contributed by atoms with Crippen molar-refractivity contribution in [1.82, 2.24) is 4.98 Å². The van der Waals surface area contributed by atoms with Crippen LogP contribution >= 0.6 is 11.3 Å². The van der Waals surface area contributed by atoms with Gasteiger partial charge < -0.3 is 10.4 Å². The van der Waals surface area contributed by atoms with Crippen LogP contribution in [0.1, 0.15) is 45.7 Å². The number of carboxylic acids is 1. The number of rotatable bonds is 3. The van der Waals surface area contributed by atoms with Crippen molar-refractivity contribution < 1.29 is 14.7 Å². The second-order valence-electron chi connectivity index (χ2n) is 5.98. The molecule has 104 valence electrons. The Labute approximate surface area is 116 Å². The van der Waals surface area contributed by atoms with E-state index in [1.54, 1.807) is 0 Å². The lowest BCUT2D eigenvalue weighted by Gasteiger charge is -2.35. The van der Waals surface area contributed by atoms with Crippen LogP contribution in [0, 0.1) is 5.41 Å². The molecule has 1 aromatic heterocycles. The molecule has 2 rings (SSSR count).